The Morgan fingerprint density at radius 3 is 2.75 bits per heavy atom. The molecule has 3 aliphatic heterocycles. The maximum absolute atomic E-state index is 13.9. The van der Waals surface area contributed by atoms with Crippen molar-refractivity contribution in [2.24, 2.45) is 11.8 Å². The van der Waals surface area contributed by atoms with E-state index in [0.29, 0.717) is 45.3 Å². The molecule has 32 heavy (non-hydrogen) atoms. The van der Waals surface area contributed by atoms with Gasteiger partial charge in [-0.1, -0.05) is 25.8 Å². The third kappa shape index (κ3) is 4.31. The monoisotopic (exact) mass is 450 g/mol. The number of aliphatic hydroxyl groups excluding tert-OH is 1. The number of hydrogen-bond acceptors (Lipinski definition) is 6. The van der Waals surface area contributed by atoms with Gasteiger partial charge in [0.2, 0.25) is 11.8 Å². The lowest BCUT2D eigenvalue weighted by Crippen LogP contribution is -2.56. The van der Waals surface area contributed by atoms with E-state index in [2.05, 4.69) is 13.5 Å². The number of carbonyl (C=O) groups is 3. The number of likely N-dealkylation sites (tertiary alicyclic amines) is 1. The lowest BCUT2D eigenvalue weighted by molar-refractivity contribution is -0.155. The van der Waals surface area contributed by atoms with Gasteiger partial charge in [0.25, 0.3) is 0 Å². The molecule has 3 aliphatic rings. The number of amides is 2. The van der Waals surface area contributed by atoms with E-state index in [0.717, 1.165) is 19.3 Å². The first-order valence-corrected chi connectivity index (χ1v) is 12.1. The van der Waals surface area contributed by atoms with Crippen LogP contribution in [0, 0.1) is 11.8 Å². The standard InChI is InChI=1S/C24H38N2O6/c1-4-7-8-14-25(13-5-2)22(29)20-24-12-11-17(32-24)18(23(30)31-6-3)19(24)21(28)26(20)15-9-10-16-27/h5,17-20,27H,2,4,6-16H2,1,3H3/t17-,18+,19-,20?,24?/m0/s1. The fourth-order valence-corrected chi connectivity index (χ4v) is 5.75. The maximum Gasteiger partial charge on any atom is 0.312 e. The van der Waals surface area contributed by atoms with Gasteiger partial charge >= 0.3 is 5.97 Å². The molecule has 2 unspecified atom stereocenters. The molecule has 3 heterocycles. The molecule has 0 radical (unpaired) electrons. The van der Waals surface area contributed by atoms with Crippen molar-refractivity contribution in [3.05, 3.63) is 12.7 Å². The largest absolute Gasteiger partial charge is 0.466 e. The highest BCUT2D eigenvalue weighted by atomic mass is 16.6. The number of nitrogens with zero attached hydrogens (tertiary/aromatic N) is 2. The Kier molecular flexibility index (Phi) is 8.33. The van der Waals surface area contributed by atoms with Crippen molar-refractivity contribution in [1.82, 2.24) is 9.80 Å². The molecule has 0 aromatic rings. The summed E-state index contributed by atoms with van der Waals surface area (Å²) in [6.45, 7) is 9.29. The van der Waals surface area contributed by atoms with Crippen LogP contribution >= 0.6 is 0 Å². The minimum atomic E-state index is -0.986. The Hall–Kier alpha value is -1.93. The summed E-state index contributed by atoms with van der Waals surface area (Å²) in [6.07, 6.45) is 6.61. The number of carbonyl (C=O) groups excluding carboxylic acids is 3. The van der Waals surface area contributed by atoms with Gasteiger partial charge in [0.1, 0.15) is 11.6 Å². The summed E-state index contributed by atoms with van der Waals surface area (Å²) in [5, 5.41) is 9.22. The van der Waals surface area contributed by atoms with Gasteiger partial charge in [-0.15, -0.1) is 6.58 Å². The number of hydrogen-bond donors (Lipinski definition) is 1. The van der Waals surface area contributed by atoms with E-state index < -0.39 is 29.4 Å². The van der Waals surface area contributed by atoms with Gasteiger partial charge in [-0.25, -0.2) is 0 Å². The molecular formula is C24H38N2O6. The number of ether oxygens (including phenoxy) is 2. The number of fused-ring (bicyclic) bond motifs is 1. The van der Waals surface area contributed by atoms with E-state index in [-0.39, 0.29) is 31.1 Å². The number of unbranched alkanes of at least 4 members (excludes halogenated alkanes) is 3. The molecule has 1 N–H and O–H groups in total. The van der Waals surface area contributed by atoms with Crippen LogP contribution in [0.15, 0.2) is 12.7 Å². The lowest BCUT2D eigenvalue weighted by atomic mass is 9.70. The second-order valence-corrected chi connectivity index (χ2v) is 9.05. The molecule has 0 saturated carbocycles. The zero-order valence-electron chi connectivity index (χ0n) is 19.5. The van der Waals surface area contributed by atoms with Gasteiger partial charge < -0.3 is 24.4 Å². The molecule has 3 fully saturated rings. The molecule has 0 aromatic heterocycles. The summed E-state index contributed by atoms with van der Waals surface area (Å²) >= 11 is 0. The van der Waals surface area contributed by atoms with E-state index in [4.69, 9.17) is 9.47 Å². The Morgan fingerprint density at radius 2 is 2.09 bits per heavy atom. The van der Waals surface area contributed by atoms with Gasteiger partial charge in [0, 0.05) is 26.2 Å². The van der Waals surface area contributed by atoms with Crippen molar-refractivity contribution in [1.29, 1.82) is 0 Å². The molecule has 0 aliphatic carbocycles. The molecule has 2 bridgehead atoms. The number of esters is 1. The summed E-state index contributed by atoms with van der Waals surface area (Å²) in [6, 6.07) is -0.760. The van der Waals surface area contributed by atoms with Gasteiger partial charge in [-0.2, -0.15) is 0 Å². The molecule has 1 spiro atoms. The van der Waals surface area contributed by atoms with Crippen LogP contribution in [0.25, 0.3) is 0 Å². The van der Waals surface area contributed by atoms with Crippen molar-refractivity contribution in [2.45, 2.75) is 76.5 Å². The van der Waals surface area contributed by atoms with Crippen LogP contribution in [-0.4, -0.2) is 83.3 Å². The zero-order chi connectivity index (χ0) is 23.3. The summed E-state index contributed by atoms with van der Waals surface area (Å²) in [4.78, 5) is 43.7. The Bertz CT molecular complexity index is 713. The lowest BCUT2D eigenvalue weighted by Gasteiger charge is -2.36. The second-order valence-electron chi connectivity index (χ2n) is 9.05. The first kappa shape index (κ1) is 24.7. The molecule has 180 valence electrons. The molecule has 0 aromatic carbocycles. The normalized spacial score (nSPS) is 30.5. The fourth-order valence-electron chi connectivity index (χ4n) is 5.75. The highest BCUT2D eigenvalue weighted by Crippen LogP contribution is 2.58. The van der Waals surface area contributed by atoms with E-state index >= 15 is 0 Å². The average Bonchev–Trinajstić information content (AvgIpc) is 3.41. The van der Waals surface area contributed by atoms with Crippen molar-refractivity contribution in [2.75, 3.05) is 32.8 Å². The Balaban J connectivity index is 1.93. The third-order valence-corrected chi connectivity index (χ3v) is 7.09. The van der Waals surface area contributed by atoms with Crippen LogP contribution in [0.1, 0.15) is 58.8 Å². The molecular weight excluding hydrogens is 412 g/mol. The van der Waals surface area contributed by atoms with E-state index in [1.54, 1.807) is 22.8 Å². The second kappa shape index (κ2) is 10.8. The molecule has 8 heteroatoms. The predicted octanol–water partition coefficient (Wildman–Crippen LogP) is 1.90. The van der Waals surface area contributed by atoms with Crippen LogP contribution < -0.4 is 0 Å². The van der Waals surface area contributed by atoms with Crippen LogP contribution in [-0.2, 0) is 23.9 Å². The molecule has 8 nitrogen and oxygen atoms in total. The zero-order valence-corrected chi connectivity index (χ0v) is 19.5. The van der Waals surface area contributed by atoms with Gasteiger partial charge in [-0.3, -0.25) is 14.4 Å². The Labute approximate surface area is 190 Å². The third-order valence-electron chi connectivity index (χ3n) is 7.09. The van der Waals surface area contributed by atoms with E-state index in [1.165, 1.54) is 0 Å². The van der Waals surface area contributed by atoms with Crippen molar-refractivity contribution in [3.8, 4) is 0 Å². The molecule has 3 saturated heterocycles. The van der Waals surface area contributed by atoms with Gasteiger partial charge in [-0.05, 0) is 39.0 Å². The van der Waals surface area contributed by atoms with Gasteiger partial charge in [0.05, 0.1) is 24.5 Å². The average molecular weight is 451 g/mol. The number of rotatable bonds is 13. The minimum Gasteiger partial charge on any atom is -0.466 e. The highest BCUT2D eigenvalue weighted by molar-refractivity contribution is 5.98. The quantitative estimate of drug-likeness (QED) is 0.262. The van der Waals surface area contributed by atoms with Crippen LogP contribution in [0.2, 0.25) is 0 Å². The maximum atomic E-state index is 13.9. The van der Waals surface area contributed by atoms with Crippen LogP contribution in [0.5, 0.6) is 0 Å². The van der Waals surface area contributed by atoms with Crippen molar-refractivity contribution >= 4 is 17.8 Å². The summed E-state index contributed by atoms with van der Waals surface area (Å²) in [5.74, 6) is -2.10. The number of aliphatic hydroxyl groups is 1. The van der Waals surface area contributed by atoms with Gasteiger partial charge in [0.15, 0.2) is 0 Å². The van der Waals surface area contributed by atoms with E-state index in [9.17, 15) is 19.5 Å². The summed E-state index contributed by atoms with van der Waals surface area (Å²) < 4.78 is 11.7. The summed E-state index contributed by atoms with van der Waals surface area (Å²) in [5.41, 5.74) is -0.986. The van der Waals surface area contributed by atoms with Crippen molar-refractivity contribution in [3.63, 3.8) is 0 Å². The van der Waals surface area contributed by atoms with E-state index in [1.807, 2.05) is 0 Å². The molecule has 5 atom stereocenters. The van der Waals surface area contributed by atoms with Crippen LogP contribution in [0.3, 0.4) is 0 Å². The minimum absolute atomic E-state index is 0.0266. The van der Waals surface area contributed by atoms with Crippen molar-refractivity contribution < 1.29 is 29.0 Å². The molecule has 3 rings (SSSR count). The first-order chi connectivity index (χ1) is 15.5. The smallest absolute Gasteiger partial charge is 0.312 e. The highest BCUT2D eigenvalue weighted by Gasteiger charge is 2.74. The topological polar surface area (TPSA) is 96.4 Å². The fraction of sp³-hybridized carbons (Fsp3) is 0.792. The summed E-state index contributed by atoms with van der Waals surface area (Å²) in [7, 11) is 0. The Morgan fingerprint density at radius 1 is 1.31 bits per heavy atom. The predicted molar refractivity (Wildman–Crippen MR) is 119 cm³/mol. The SMILES string of the molecule is C=CCN(CCCCC)C(=O)C1N(CCCCO)C(=O)[C@@H]2[C@H](C(=O)OCC)[C@@H]3CCC12O3. The van der Waals surface area contributed by atoms with Crippen LogP contribution in [0.4, 0.5) is 0 Å². The first-order valence-electron chi connectivity index (χ1n) is 12.1. The molecule has 2 amide bonds.